The molecule has 0 bridgehead atoms. The maximum atomic E-state index is 12.9. The quantitative estimate of drug-likeness (QED) is 0.419. The number of hydrogen-bond acceptors (Lipinski definition) is 9. The molecule has 1 aliphatic heterocycles. The van der Waals surface area contributed by atoms with Crippen molar-refractivity contribution < 1.29 is 8.42 Å². The molecule has 170 valence electrons. The van der Waals surface area contributed by atoms with Crippen LogP contribution in [0.3, 0.4) is 0 Å². The summed E-state index contributed by atoms with van der Waals surface area (Å²) in [5.74, 6) is 1.45. The summed E-state index contributed by atoms with van der Waals surface area (Å²) in [6, 6.07) is 13.8. The van der Waals surface area contributed by atoms with E-state index in [4.69, 9.17) is 0 Å². The molecular weight excluding hydrogens is 458 g/mol. The minimum Gasteiger partial charge on any atom is -0.341 e. The third kappa shape index (κ3) is 4.74. The van der Waals surface area contributed by atoms with Crippen molar-refractivity contribution in [3.63, 3.8) is 0 Å². The number of nitrogens with one attached hydrogen (secondary N) is 2. The van der Waals surface area contributed by atoms with Gasteiger partial charge in [0, 0.05) is 36.2 Å². The van der Waals surface area contributed by atoms with Crippen molar-refractivity contribution in [3.05, 3.63) is 54.2 Å². The average Bonchev–Trinajstić information content (AvgIpc) is 3.29. The van der Waals surface area contributed by atoms with Crippen molar-refractivity contribution in [1.29, 1.82) is 0 Å². The number of hydrogen-bond donors (Lipinski definition) is 2. The van der Waals surface area contributed by atoms with Crippen LogP contribution in [0, 0.1) is 6.92 Å². The van der Waals surface area contributed by atoms with Crippen LogP contribution in [-0.4, -0.2) is 40.2 Å². The van der Waals surface area contributed by atoms with E-state index >= 15 is 0 Å². The first kappa shape index (κ1) is 21.5. The fourth-order valence-electron chi connectivity index (χ4n) is 3.83. The maximum Gasteiger partial charge on any atom is 0.264 e. The van der Waals surface area contributed by atoms with E-state index in [9.17, 15) is 8.42 Å². The predicted molar refractivity (Wildman–Crippen MR) is 131 cm³/mol. The fraction of sp³-hybridized carbons (Fsp3) is 0.273. The Morgan fingerprint density at radius 2 is 1.70 bits per heavy atom. The smallest absolute Gasteiger partial charge is 0.264 e. The highest BCUT2D eigenvalue weighted by Crippen LogP contribution is 2.25. The Morgan fingerprint density at radius 1 is 0.939 bits per heavy atom. The van der Waals surface area contributed by atoms with Gasteiger partial charge in [0.05, 0.1) is 11.7 Å². The van der Waals surface area contributed by atoms with Crippen LogP contribution in [0.5, 0.6) is 0 Å². The standard InChI is InChI=1S/C22H23N7O2S2/c1-15-14-20(25-22(23-15)29-12-3-2-4-13-29)24-16-8-10-17(11-9-16)28-33(30,31)19-7-5-6-18-21(19)27-32-26-18/h5-11,14,28H,2-4,12-13H2,1H3,(H,23,24,25). The molecule has 0 amide bonds. The van der Waals surface area contributed by atoms with Gasteiger partial charge in [-0.2, -0.15) is 13.7 Å². The van der Waals surface area contributed by atoms with Crippen molar-refractivity contribution >= 4 is 55.9 Å². The lowest BCUT2D eigenvalue weighted by molar-refractivity contribution is 0.568. The summed E-state index contributed by atoms with van der Waals surface area (Å²) in [5, 5.41) is 3.29. The van der Waals surface area contributed by atoms with Crippen molar-refractivity contribution in [2.24, 2.45) is 0 Å². The molecule has 0 saturated carbocycles. The van der Waals surface area contributed by atoms with Crippen molar-refractivity contribution in [2.75, 3.05) is 28.0 Å². The Hall–Kier alpha value is -3.31. The van der Waals surface area contributed by atoms with E-state index in [2.05, 4.69) is 33.7 Å². The lowest BCUT2D eigenvalue weighted by Crippen LogP contribution is -2.31. The van der Waals surface area contributed by atoms with Crippen LogP contribution in [0.15, 0.2) is 53.4 Å². The largest absolute Gasteiger partial charge is 0.341 e. The minimum atomic E-state index is -3.80. The molecule has 1 saturated heterocycles. The predicted octanol–water partition coefficient (Wildman–Crippen LogP) is 4.32. The van der Waals surface area contributed by atoms with E-state index in [1.54, 1.807) is 36.4 Å². The molecule has 2 N–H and O–H groups in total. The van der Waals surface area contributed by atoms with Crippen LogP contribution in [-0.2, 0) is 10.0 Å². The third-order valence-corrected chi connectivity index (χ3v) is 7.38. The van der Waals surface area contributed by atoms with Gasteiger partial charge in [0.15, 0.2) is 0 Å². The number of fused-ring (bicyclic) bond motifs is 1. The summed E-state index contributed by atoms with van der Waals surface area (Å²) in [4.78, 5) is 11.6. The highest BCUT2D eigenvalue weighted by Gasteiger charge is 2.20. The summed E-state index contributed by atoms with van der Waals surface area (Å²) in [6.07, 6.45) is 3.56. The zero-order valence-electron chi connectivity index (χ0n) is 18.0. The molecule has 4 aromatic rings. The Kier molecular flexibility index (Phi) is 5.81. The third-order valence-electron chi connectivity index (χ3n) is 5.43. The first-order valence-corrected chi connectivity index (χ1v) is 12.9. The van der Waals surface area contributed by atoms with Crippen LogP contribution < -0.4 is 14.9 Å². The zero-order chi connectivity index (χ0) is 22.8. The van der Waals surface area contributed by atoms with Gasteiger partial charge >= 0.3 is 0 Å². The summed E-state index contributed by atoms with van der Waals surface area (Å²) >= 11 is 0.989. The molecule has 0 aliphatic carbocycles. The van der Waals surface area contributed by atoms with E-state index < -0.39 is 10.0 Å². The highest BCUT2D eigenvalue weighted by molar-refractivity contribution is 7.93. The second-order valence-corrected chi connectivity index (χ2v) is 10.1. The number of nitrogens with zero attached hydrogens (tertiary/aromatic N) is 5. The molecule has 2 aromatic carbocycles. The molecule has 0 spiro atoms. The van der Waals surface area contributed by atoms with Crippen LogP contribution in [0.25, 0.3) is 11.0 Å². The van der Waals surface area contributed by atoms with Gasteiger partial charge < -0.3 is 10.2 Å². The Bertz CT molecular complexity index is 1380. The van der Waals surface area contributed by atoms with Gasteiger partial charge in [0.2, 0.25) is 5.95 Å². The fourth-order valence-corrected chi connectivity index (χ4v) is 5.66. The van der Waals surface area contributed by atoms with Gasteiger partial charge in [0.1, 0.15) is 21.7 Å². The average molecular weight is 482 g/mol. The summed E-state index contributed by atoms with van der Waals surface area (Å²) in [5.41, 5.74) is 3.08. The molecule has 9 nitrogen and oxygen atoms in total. The molecule has 0 unspecified atom stereocenters. The second kappa shape index (κ2) is 8.91. The number of anilines is 4. The van der Waals surface area contributed by atoms with Crippen molar-refractivity contribution in [3.8, 4) is 0 Å². The molecule has 0 atom stereocenters. The van der Waals surface area contributed by atoms with Crippen molar-refractivity contribution in [1.82, 2.24) is 18.7 Å². The number of aromatic nitrogens is 4. The Labute approximate surface area is 196 Å². The van der Waals surface area contributed by atoms with Gasteiger partial charge in [-0.25, -0.2) is 13.4 Å². The highest BCUT2D eigenvalue weighted by atomic mass is 32.2. The molecule has 11 heteroatoms. The monoisotopic (exact) mass is 481 g/mol. The van der Waals surface area contributed by atoms with Crippen LogP contribution in [0.2, 0.25) is 0 Å². The van der Waals surface area contributed by atoms with Gasteiger partial charge in [-0.05, 0) is 62.6 Å². The molecular formula is C22H23N7O2S2. The Balaban J connectivity index is 1.32. The zero-order valence-corrected chi connectivity index (χ0v) is 19.7. The van der Waals surface area contributed by atoms with E-state index in [0.717, 1.165) is 55.0 Å². The minimum absolute atomic E-state index is 0.109. The van der Waals surface area contributed by atoms with E-state index in [0.29, 0.717) is 22.5 Å². The van der Waals surface area contributed by atoms with Crippen molar-refractivity contribution in [2.45, 2.75) is 31.1 Å². The molecule has 2 aromatic heterocycles. The van der Waals surface area contributed by atoms with Gasteiger partial charge in [-0.1, -0.05) is 6.07 Å². The molecule has 33 heavy (non-hydrogen) atoms. The van der Waals surface area contributed by atoms with Crippen LogP contribution in [0.4, 0.5) is 23.1 Å². The summed E-state index contributed by atoms with van der Waals surface area (Å²) < 4.78 is 36.7. The Morgan fingerprint density at radius 3 is 2.48 bits per heavy atom. The van der Waals surface area contributed by atoms with Gasteiger partial charge in [0.25, 0.3) is 10.0 Å². The summed E-state index contributed by atoms with van der Waals surface area (Å²) in [7, 11) is -3.80. The second-order valence-electron chi connectivity index (χ2n) is 7.94. The number of aryl methyl sites for hydroxylation is 1. The molecule has 5 rings (SSSR count). The van der Waals surface area contributed by atoms with E-state index in [1.165, 1.54) is 12.5 Å². The number of sulfonamides is 1. The molecule has 0 radical (unpaired) electrons. The maximum absolute atomic E-state index is 12.9. The lowest BCUT2D eigenvalue weighted by atomic mass is 10.1. The molecule has 3 heterocycles. The number of piperidine rings is 1. The first-order chi connectivity index (χ1) is 16.0. The van der Waals surface area contributed by atoms with Crippen LogP contribution in [0.1, 0.15) is 25.0 Å². The molecule has 1 aliphatic rings. The SMILES string of the molecule is Cc1cc(Nc2ccc(NS(=O)(=O)c3cccc4nsnc34)cc2)nc(N2CCCCC2)n1. The van der Waals surface area contributed by atoms with Gasteiger partial charge in [-0.3, -0.25) is 4.72 Å². The number of rotatable bonds is 6. The van der Waals surface area contributed by atoms with E-state index in [-0.39, 0.29) is 4.90 Å². The lowest BCUT2D eigenvalue weighted by Gasteiger charge is -2.27. The normalized spacial score (nSPS) is 14.4. The van der Waals surface area contributed by atoms with Crippen LogP contribution >= 0.6 is 11.7 Å². The van der Waals surface area contributed by atoms with E-state index in [1.807, 2.05) is 13.0 Å². The topological polar surface area (TPSA) is 113 Å². The molecule has 1 fully saturated rings. The first-order valence-electron chi connectivity index (χ1n) is 10.7. The number of benzene rings is 2. The summed E-state index contributed by atoms with van der Waals surface area (Å²) in [6.45, 7) is 3.90. The van der Waals surface area contributed by atoms with Gasteiger partial charge in [-0.15, -0.1) is 0 Å².